The van der Waals surface area contributed by atoms with Crippen LogP contribution in [-0.2, 0) is 4.79 Å². The molecule has 5 unspecified atom stereocenters. The summed E-state index contributed by atoms with van der Waals surface area (Å²) in [6.45, 7) is 9.28. The van der Waals surface area contributed by atoms with Gasteiger partial charge in [-0.15, -0.1) is 0 Å². The van der Waals surface area contributed by atoms with Gasteiger partial charge in [-0.2, -0.15) is 0 Å². The zero-order valence-corrected chi connectivity index (χ0v) is 14.4. The van der Waals surface area contributed by atoms with Gasteiger partial charge in [-0.25, -0.2) is 0 Å². The number of carboxylic acids is 1. The smallest absolute Gasteiger partial charge is 0.306 e. The zero-order valence-electron chi connectivity index (χ0n) is 14.4. The van der Waals surface area contributed by atoms with Crippen molar-refractivity contribution in [2.24, 2.45) is 35.0 Å². The minimum Gasteiger partial charge on any atom is -0.481 e. The first kappa shape index (κ1) is 16.8. The minimum absolute atomic E-state index is 0.0826. The first-order chi connectivity index (χ1) is 9.84. The summed E-state index contributed by atoms with van der Waals surface area (Å²) in [5.41, 5.74) is 0.318. The fraction of sp³-hybridized carbons (Fsp3) is 0.947. The van der Waals surface area contributed by atoms with Crippen molar-refractivity contribution in [1.82, 2.24) is 0 Å². The average molecular weight is 294 g/mol. The number of hydrogen-bond acceptors (Lipinski definition) is 1. The summed E-state index contributed by atoms with van der Waals surface area (Å²) in [4.78, 5) is 11.8. The van der Waals surface area contributed by atoms with E-state index in [-0.39, 0.29) is 5.92 Å². The SMILES string of the molecule is CCC1CCCCC1C1CC(C(C)(C)C)CCC1C(=O)O. The van der Waals surface area contributed by atoms with Gasteiger partial charge < -0.3 is 5.11 Å². The molecule has 2 heteroatoms. The Morgan fingerprint density at radius 2 is 1.71 bits per heavy atom. The van der Waals surface area contributed by atoms with Crippen molar-refractivity contribution in [2.45, 2.75) is 79.1 Å². The molecule has 0 spiro atoms. The average Bonchev–Trinajstić information content (AvgIpc) is 2.45. The van der Waals surface area contributed by atoms with Crippen LogP contribution in [0.4, 0.5) is 0 Å². The van der Waals surface area contributed by atoms with Crippen LogP contribution in [0, 0.1) is 35.0 Å². The molecule has 0 aromatic heterocycles. The molecule has 5 atom stereocenters. The largest absolute Gasteiger partial charge is 0.481 e. The van der Waals surface area contributed by atoms with Gasteiger partial charge in [-0.05, 0) is 54.8 Å². The molecule has 21 heavy (non-hydrogen) atoms. The lowest BCUT2D eigenvalue weighted by Crippen LogP contribution is -2.41. The summed E-state index contributed by atoms with van der Waals surface area (Å²) >= 11 is 0. The molecule has 1 N–H and O–H groups in total. The van der Waals surface area contributed by atoms with Crippen molar-refractivity contribution in [3.8, 4) is 0 Å². The maximum atomic E-state index is 11.8. The Balaban J connectivity index is 2.18. The fourth-order valence-corrected chi connectivity index (χ4v) is 5.08. The predicted octanol–water partition coefficient (Wildman–Crippen LogP) is 5.37. The van der Waals surface area contributed by atoms with Crippen molar-refractivity contribution < 1.29 is 9.90 Å². The van der Waals surface area contributed by atoms with Crippen LogP contribution in [0.15, 0.2) is 0 Å². The topological polar surface area (TPSA) is 37.3 Å². The summed E-state index contributed by atoms with van der Waals surface area (Å²) in [6, 6.07) is 0. The van der Waals surface area contributed by atoms with Crippen molar-refractivity contribution in [3.63, 3.8) is 0 Å². The van der Waals surface area contributed by atoms with Crippen molar-refractivity contribution in [3.05, 3.63) is 0 Å². The Kier molecular flexibility index (Phi) is 5.38. The lowest BCUT2D eigenvalue weighted by atomic mass is 9.58. The molecule has 0 aliphatic heterocycles. The van der Waals surface area contributed by atoms with Crippen LogP contribution in [0.2, 0.25) is 0 Å². The van der Waals surface area contributed by atoms with Gasteiger partial charge in [0.25, 0.3) is 0 Å². The molecule has 122 valence electrons. The van der Waals surface area contributed by atoms with E-state index in [1.165, 1.54) is 32.1 Å². The summed E-state index contributed by atoms with van der Waals surface area (Å²) in [6.07, 6.45) is 9.62. The van der Waals surface area contributed by atoms with Gasteiger partial charge in [-0.1, -0.05) is 53.4 Å². The van der Waals surface area contributed by atoms with Crippen LogP contribution >= 0.6 is 0 Å². The second-order valence-electron chi connectivity index (χ2n) is 8.60. The Bertz CT molecular complexity index is 355. The molecule has 0 bridgehead atoms. The monoisotopic (exact) mass is 294 g/mol. The van der Waals surface area contributed by atoms with Crippen LogP contribution < -0.4 is 0 Å². The number of carbonyl (C=O) groups is 1. The molecule has 2 saturated carbocycles. The van der Waals surface area contributed by atoms with E-state index >= 15 is 0 Å². The van der Waals surface area contributed by atoms with Crippen molar-refractivity contribution in [2.75, 3.05) is 0 Å². The molecule has 2 aliphatic carbocycles. The van der Waals surface area contributed by atoms with E-state index in [1.54, 1.807) is 0 Å². The van der Waals surface area contributed by atoms with Crippen LogP contribution in [0.3, 0.4) is 0 Å². The molecule has 0 aromatic carbocycles. The summed E-state index contributed by atoms with van der Waals surface area (Å²) in [5.74, 6) is 1.93. The molecule has 0 amide bonds. The summed E-state index contributed by atoms with van der Waals surface area (Å²) in [5, 5.41) is 9.69. The van der Waals surface area contributed by atoms with Gasteiger partial charge >= 0.3 is 5.97 Å². The van der Waals surface area contributed by atoms with Gasteiger partial charge in [-0.3, -0.25) is 4.79 Å². The lowest BCUT2D eigenvalue weighted by Gasteiger charge is -2.46. The standard InChI is InChI=1S/C19H34O2/c1-5-13-8-6-7-9-15(13)17-12-14(19(2,3)4)10-11-16(17)18(20)21/h13-17H,5-12H2,1-4H3,(H,20,21). The third-order valence-electron chi connectivity index (χ3n) is 6.48. The number of carboxylic acid groups (broad SMARTS) is 1. The van der Waals surface area contributed by atoms with E-state index in [9.17, 15) is 9.90 Å². The van der Waals surface area contributed by atoms with Crippen LogP contribution in [0.5, 0.6) is 0 Å². The van der Waals surface area contributed by atoms with E-state index in [0.717, 1.165) is 25.2 Å². The van der Waals surface area contributed by atoms with Crippen LogP contribution in [-0.4, -0.2) is 11.1 Å². The Labute approximate surface area is 130 Å². The highest BCUT2D eigenvalue weighted by Gasteiger charge is 2.44. The number of hydrogen-bond donors (Lipinski definition) is 1. The van der Waals surface area contributed by atoms with E-state index in [4.69, 9.17) is 0 Å². The zero-order chi connectivity index (χ0) is 15.6. The van der Waals surface area contributed by atoms with Gasteiger partial charge in [0.2, 0.25) is 0 Å². The molecule has 2 fully saturated rings. The molecule has 2 aliphatic rings. The van der Waals surface area contributed by atoms with Crippen LogP contribution in [0.25, 0.3) is 0 Å². The maximum absolute atomic E-state index is 11.8. The van der Waals surface area contributed by atoms with Crippen molar-refractivity contribution in [1.29, 1.82) is 0 Å². The normalized spacial score (nSPS) is 38.2. The second-order valence-corrected chi connectivity index (χ2v) is 8.60. The van der Waals surface area contributed by atoms with Gasteiger partial charge in [0, 0.05) is 0 Å². The molecular formula is C19H34O2. The minimum atomic E-state index is -0.534. The first-order valence-corrected chi connectivity index (χ1v) is 9.07. The molecular weight excluding hydrogens is 260 g/mol. The Morgan fingerprint density at radius 3 is 2.29 bits per heavy atom. The van der Waals surface area contributed by atoms with E-state index in [1.807, 2.05) is 0 Å². The molecule has 2 rings (SSSR count). The molecule has 0 radical (unpaired) electrons. The Hall–Kier alpha value is -0.530. The van der Waals surface area contributed by atoms with Gasteiger partial charge in [0.05, 0.1) is 5.92 Å². The number of rotatable bonds is 3. The molecule has 2 nitrogen and oxygen atoms in total. The third-order valence-corrected chi connectivity index (χ3v) is 6.48. The predicted molar refractivity (Wildman–Crippen MR) is 87.2 cm³/mol. The van der Waals surface area contributed by atoms with E-state index in [0.29, 0.717) is 23.2 Å². The second kappa shape index (κ2) is 6.71. The highest BCUT2D eigenvalue weighted by molar-refractivity contribution is 5.70. The lowest BCUT2D eigenvalue weighted by molar-refractivity contribution is -0.148. The summed E-state index contributed by atoms with van der Waals surface area (Å²) in [7, 11) is 0. The molecule has 0 heterocycles. The summed E-state index contributed by atoms with van der Waals surface area (Å²) < 4.78 is 0. The van der Waals surface area contributed by atoms with Gasteiger partial charge in [0.15, 0.2) is 0 Å². The quantitative estimate of drug-likeness (QED) is 0.760. The molecule has 0 saturated heterocycles. The molecule has 0 aromatic rings. The fourth-order valence-electron chi connectivity index (χ4n) is 5.08. The van der Waals surface area contributed by atoms with Gasteiger partial charge in [0.1, 0.15) is 0 Å². The third kappa shape index (κ3) is 3.81. The maximum Gasteiger partial charge on any atom is 0.306 e. The number of aliphatic carboxylic acids is 1. The highest BCUT2D eigenvalue weighted by atomic mass is 16.4. The van der Waals surface area contributed by atoms with E-state index in [2.05, 4.69) is 27.7 Å². The highest BCUT2D eigenvalue weighted by Crippen LogP contribution is 2.50. The van der Waals surface area contributed by atoms with Crippen molar-refractivity contribution >= 4 is 5.97 Å². The van der Waals surface area contributed by atoms with E-state index < -0.39 is 5.97 Å². The first-order valence-electron chi connectivity index (χ1n) is 9.07. The Morgan fingerprint density at radius 1 is 1.05 bits per heavy atom. The van der Waals surface area contributed by atoms with Crippen LogP contribution in [0.1, 0.15) is 79.1 Å².